The maximum Gasteiger partial charge on any atom is 0.247 e. The van der Waals surface area contributed by atoms with E-state index in [-0.39, 0.29) is 24.8 Å². The van der Waals surface area contributed by atoms with Crippen molar-refractivity contribution in [3.8, 4) is 0 Å². The van der Waals surface area contributed by atoms with Crippen molar-refractivity contribution in [1.29, 1.82) is 0 Å². The summed E-state index contributed by atoms with van der Waals surface area (Å²) in [5, 5.41) is 4.25. The average molecular weight is 483 g/mol. The van der Waals surface area contributed by atoms with Crippen LogP contribution < -0.4 is 5.32 Å². The van der Waals surface area contributed by atoms with Crippen LogP contribution in [0.5, 0.6) is 0 Å². The van der Waals surface area contributed by atoms with Gasteiger partial charge in [0, 0.05) is 23.1 Å². The van der Waals surface area contributed by atoms with Gasteiger partial charge in [0.1, 0.15) is 6.04 Å². The van der Waals surface area contributed by atoms with Gasteiger partial charge >= 0.3 is 0 Å². The van der Waals surface area contributed by atoms with Crippen molar-refractivity contribution in [3.63, 3.8) is 0 Å². The maximum atomic E-state index is 13.6. The highest BCUT2D eigenvalue weighted by Crippen LogP contribution is 2.25. The Kier molecular flexibility index (Phi) is 9.35. The van der Waals surface area contributed by atoms with Crippen molar-refractivity contribution >= 4 is 35.0 Å². The molecule has 1 unspecified atom stereocenters. The van der Waals surface area contributed by atoms with E-state index in [1.54, 1.807) is 29.2 Å². The van der Waals surface area contributed by atoms with Gasteiger partial charge in [0.05, 0.1) is 6.42 Å². The van der Waals surface area contributed by atoms with Crippen LogP contribution in [0.4, 0.5) is 0 Å². The number of hydrogen-bond donors (Lipinski definition) is 1. The number of carbonyl (C=O) groups excluding carboxylic acids is 2. The Hall–Kier alpha value is -2.82. The highest BCUT2D eigenvalue weighted by Gasteiger charge is 2.31. The van der Waals surface area contributed by atoms with Gasteiger partial charge in [-0.15, -0.1) is 0 Å². The minimum absolute atomic E-state index is 0.147. The van der Waals surface area contributed by atoms with Crippen molar-refractivity contribution in [2.75, 3.05) is 6.54 Å². The third kappa shape index (κ3) is 7.34. The summed E-state index contributed by atoms with van der Waals surface area (Å²) < 4.78 is 0. The number of benzene rings is 3. The molecule has 0 aliphatic carbocycles. The lowest BCUT2D eigenvalue weighted by Gasteiger charge is -2.32. The van der Waals surface area contributed by atoms with E-state index >= 15 is 0 Å². The molecule has 0 heterocycles. The van der Waals surface area contributed by atoms with E-state index in [1.807, 2.05) is 54.6 Å². The minimum atomic E-state index is -0.751. The Labute approximate surface area is 205 Å². The summed E-state index contributed by atoms with van der Waals surface area (Å²) in [7, 11) is 0. The van der Waals surface area contributed by atoms with Crippen LogP contribution in [0.15, 0.2) is 78.9 Å². The van der Waals surface area contributed by atoms with Crippen molar-refractivity contribution in [2.24, 2.45) is 0 Å². The Balaban J connectivity index is 1.96. The minimum Gasteiger partial charge on any atom is -0.354 e. The molecule has 0 radical (unpaired) electrons. The van der Waals surface area contributed by atoms with Gasteiger partial charge in [-0.2, -0.15) is 0 Å². The smallest absolute Gasteiger partial charge is 0.247 e. The fourth-order valence-electron chi connectivity index (χ4n) is 3.58. The molecule has 172 valence electrons. The molecule has 3 rings (SSSR count). The highest BCUT2D eigenvalue weighted by atomic mass is 35.5. The summed E-state index contributed by atoms with van der Waals surface area (Å²) in [4.78, 5) is 28.6. The number of nitrogens with zero attached hydrogens (tertiary/aromatic N) is 1. The number of hydrogen-bond acceptors (Lipinski definition) is 2. The third-order valence-electron chi connectivity index (χ3n) is 5.36. The third-order valence-corrected chi connectivity index (χ3v) is 5.86. The molecule has 0 spiro atoms. The molecule has 0 aliphatic heterocycles. The van der Waals surface area contributed by atoms with Gasteiger partial charge in [0.25, 0.3) is 0 Å². The van der Waals surface area contributed by atoms with E-state index in [0.29, 0.717) is 16.6 Å². The van der Waals surface area contributed by atoms with Gasteiger partial charge in [0.2, 0.25) is 11.8 Å². The van der Waals surface area contributed by atoms with Crippen LogP contribution in [0.1, 0.15) is 42.5 Å². The topological polar surface area (TPSA) is 49.4 Å². The zero-order valence-electron chi connectivity index (χ0n) is 18.6. The second-order valence-electron chi connectivity index (χ2n) is 7.91. The molecule has 0 saturated heterocycles. The van der Waals surface area contributed by atoms with Gasteiger partial charge in [-0.1, -0.05) is 91.1 Å². The molecule has 0 aromatic heterocycles. The number of amides is 2. The molecule has 0 bridgehead atoms. The van der Waals surface area contributed by atoms with Crippen molar-refractivity contribution < 1.29 is 9.59 Å². The molecule has 33 heavy (non-hydrogen) atoms. The lowest BCUT2D eigenvalue weighted by atomic mass is 10.0. The van der Waals surface area contributed by atoms with E-state index in [4.69, 9.17) is 23.2 Å². The molecule has 0 saturated carbocycles. The summed E-state index contributed by atoms with van der Waals surface area (Å²) >= 11 is 12.1. The molecule has 0 aliphatic rings. The molecule has 4 nitrogen and oxygen atoms in total. The van der Waals surface area contributed by atoms with Gasteiger partial charge in [-0.05, 0) is 47.4 Å². The van der Waals surface area contributed by atoms with Gasteiger partial charge in [-0.25, -0.2) is 0 Å². The second kappa shape index (κ2) is 12.4. The fourth-order valence-corrected chi connectivity index (χ4v) is 3.83. The monoisotopic (exact) mass is 482 g/mol. The summed E-state index contributed by atoms with van der Waals surface area (Å²) in [5.41, 5.74) is 2.50. The Bertz CT molecular complexity index is 1040. The van der Waals surface area contributed by atoms with Crippen molar-refractivity contribution in [2.45, 2.75) is 38.8 Å². The van der Waals surface area contributed by atoms with E-state index in [9.17, 15) is 9.59 Å². The molecule has 1 N–H and O–H groups in total. The van der Waals surface area contributed by atoms with Crippen LogP contribution in [0, 0.1) is 0 Å². The first-order valence-electron chi connectivity index (χ1n) is 11.1. The van der Waals surface area contributed by atoms with E-state index in [1.165, 1.54) is 0 Å². The number of nitrogens with one attached hydrogen (secondary N) is 1. The number of unbranched alkanes of at least 4 members (excludes halogenated alkanes) is 1. The van der Waals surface area contributed by atoms with Gasteiger partial charge < -0.3 is 10.2 Å². The summed E-state index contributed by atoms with van der Waals surface area (Å²) in [6.45, 7) is 2.92. The normalized spacial score (nSPS) is 11.6. The average Bonchev–Trinajstić information content (AvgIpc) is 2.82. The Morgan fingerprint density at radius 2 is 1.42 bits per heavy atom. The van der Waals surface area contributed by atoms with Crippen LogP contribution in [-0.2, 0) is 22.6 Å². The first-order valence-corrected chi connectivity index (χ1v) is 11.8. The predicted molar refractivity (Wildman–Crippen MR) is 134 cm³/mol. The first-order chi connectivity index (χ1) is 16.0. The Morgan fingerprint density at radius 3 is 2.00 bits per heavy atom. The number of halogens is 2. The number of carbonyl (C=O) groups is 2. The molecule has 6 heteroatoms. The molecule has 2 amide bonds. The molecular weight excluding hydrogens is 455 g/mol. The molecular formula is C27H28Cl2N2O2. The van der Waals surface area contributed by atoms with E-state index < -0.39 is 6.04 Å². The maximum absolute atomic E-state index is 13.6. The second-order valence-corrected chi connectivity index (χ2v) is 8.78. The molecule has 3 aromatic rings. The van der Waals surface area contributed by atoms with Crippen molar-refractivity contribution in [1.82, 2.24) is 10.2 Å². The Morgan fingerprint density at radius 1 is 0.848 bits per heavy atom. The van der Waals surface area contributed by atoms with Crippen LogP contribution in [0.25, 0.3) is 0 Å². The first kappa shape index (κ1) is 24.8. The molecule has 1 atom stereocenters. The standard InChI is InChI=1S/C27H28Cl2N2O2/c1-2-3-17-30-27(33)26(22-7-5-4-6-8-22)31(19-21-11-15-24(29)16-12-21)25(32)18-20-9-13-23(28)14-10-20/h4-16,26H,2-3,17-19H2,1H3,(H,30,33). The summed E-state index contributed by atoms with van der Waals surface area (Å²) in [6, 6.07) is 23.2. The van der Waals surface area contributed by atoms with Crippen LogP contribution >= 0.6 is 23.2 Å². The van der Waals surface area contributed by atoms with Gasteiger partial charge in [0.15, 0.2) is 0 Å². The zero-order valence-corrected chi connectivity index (χ0v) is 20.1. The lowest BCUT2D eigenvalue weighted by Crippen LogP contribution is -2.44. The molecule has 0 fully saturated rings. The zero-order chi connectivity index (χ0) is 23.6. The van der Waals surface area contributed by atoms with Crippen molar-refractivity contribution in [3.05, 3.63) is 106 Å². The van der Waals surface area contributed by atoms with E-state index in [2.05, 4.69) is 12.2 Å². The highest BCUT2D eigenvalue weighted by molar-refractivity contribution is 6.30. The van der Waals surface area contributed by atoms with E-state index in [0.717, 1.165) is 29.5 Å². The summed E-state index contributed by atoms with van der Waals surface area (Å²) in [6.07, 6.45) is 2.01. The SMILES string of the molecule is CCCCNC(=O)C(c1ccccc1)N(Cc1ccc(Cl)cc1)C(=O)Cc1ccc(Cl)cc1. The van der Waals surface area contributed by atoms with Gasteiger partial charge in [-0.3, -0.25) is 9.59 Å². The predicted octanol–water partition coefficient (Wildman–Crippen LogP) is 6.22. The largest absolute Gasteiger partial charge is 0.354 e. The molecule has 3 aromatic carbocycles. The number of rotatable bonds is 10. The van der Waals surface area contributed by atoms with Crippen LogP contribution in [-0.4, -0.2) is 23.3 Å². The van der Waals surface area contributed by atoms with Crippen LogP contribution in [0.3, 0.4) is 0 Å². The fraction of sp³-hybridized carbons (Fsp3) is 0.259. The quantitative estimate of drug-likeness (QED) is 0.348. The summed E-state index contributed by atoms with van der Waals surface area (Å²) in [5.74, 6) is -0.333. The lowest BCUT2D eigenvalue weighted by molar-refractivity contribution is -0.141. The van der Waals surface area contributed by atoms with Crippen LogP contribution in [0.2, 0.25) is 10.0 Å².